The molecule has 0 saturated carbocycles. The van der Waals surface area contributed by atoms with Crippen LogP contribution in [0.2, 0.25) is 0 Å². The van der Waals surface area contributed by atoms with Crippen LogP contribution in [0.4, 0.5) is 5.82 Å². The van der Waals surface area contributed by atoms with Gasteiger partial charge in [0.05, 0.1) is 17.8 Å². The van der Waals surface area contributed by atoms with E-state index >= 15 is 0 Å². The maximum absolute atomic E-state index is 6.06. The van der Waals surface area contributed by atoms with Gasteiger partial charge in [-0.05, 0) is 38.6 Å². The first-order valence-electron chi connectivity index (χ1n) is 6.19. The first kappa shape index (κ1) is 10.6. The number of hydrogen-bond acceptors (Lipinski definition) is 3. The Hall–Kier alpha value is -1.55. The Labute approximate surface area is 101 Å². The van der Waals surface area contributed by atoms with E-state index in [2.05, 4.69) is 27.4 Å². The molecule has 0 bridgehead atoms. The molecule has 1 atom stereocenters. The largest absolute Gasteiger partial charge is 0.385 e. The number of pyridine rings is 1. The van der Waals surface area contributed by atoms with Crippen LogP contribution in [0.15, 0.2) is 24.4 Å². The smallest absolute Gasteiger partial charge is 0.132 e. The Balaban J connectivity index is 2.10. The van der Waals surface area contributed by atoms with Crippen molar-refractivity contribution in [2.45, 2.75) is 25.3 Å². The summed E-state index contributed by atoms with van der Waals surface area (Å²) in [6.45, 7) is 1.15. The van der Waals surface area contributed by atoms with Gasteiger partial charge in [0.2, 0.25) is 0 Å². The van der Waals surface area contributed by atoms with Crippen molar-refractivity contribution in [3.8, 4) is 0 Å². The minimum Gasteiger partial charge on any atom is -0.385 e. The molecule has 3 rings (SSSR count). The third-order valence-electron chi connectivity index (χ3n) is 3.68. The maximum atomic E-state index is 6.06. The van der Waals surface area contributed by atoms with Crippen molar-refractivity contribution in [1.29, 1.82) is 0 Å². The van der Waals surface area contributed by atoms with E-state index in [1.807, 2.05) is 18.3 Å². The van der Waals surface area contributed by atoms with E-state index in [1.54, 1.807) is 0 Å². The van der Waals surface area contributed by atoms with Crippen LogP contribution in [0.25, 0.3) is 5.52 Å². The zero-order valence-corrected chi connectivity index (χ0v) is 10.1. The number of nitrogens with two attached hydrogens (primary N) is 1. The highest BCUT2D eigenvalue weighted by Gasteiger charge is 2.24. The Morgan fingerprint density at radius 1 is 1.35 bits per heavy atom. The first-order chi connectivity index (χ1) is 8.27. The average Bonchev–Trinajstić information content (AvgIpc) is 2.75. The SMILES string of the molecule is CN1CCCCC1c1ncc2cccc(N)n12. The number of nitrogens with zero attached hydrogens (tertiary/aromatic N) is 3. The lowest BCUT2D eigenvalue weighted by Gasteiger charge is -2.31. The van der Waals surface area contributed by atoms with Gasteiger partial charge in [0, 0.05) is 0 Å². The summed E-state index contributed by atoms with van der Waals surface area (Å²) in [4.78, 5) is 6.95. The number of aromatic nitrogens is 2. The van der Waals surface area contributed by atoms with Crippen molar-refractivity contribution in [1.82, 2.24) is 14.3 Å². The molecule has 2 aromatic rings. The quantitative estimate of drug-likeness (QED) is 0.815. The van der Waals surface area contributed by atoms with Crippen LogP contribution < -0.4 is 5.73 Å². The van der Waals surface area contributed by atoms with Gasteiger partial charge in [-0.2, -0.15) is 0 Å². The van der Waals surface area contributed by atoms with Crippen LogP contribution >= 0.6 is 0 Å². The van der Waals surface area contributed by atoms with E-state index in [0.717, 1.165) is 23.7 Å². The molecule has 1 saturated heterocycles. The van der Waals surface area contributed by atoms with E-state index in [4.69, 9.17) is 5.73 Å². The number of piperidine rings is 1. The van der Waals surface area contributed by atoms with Gasteiger partial charge in [-0.15, -0.1) is 0 Å². The van der Waals surface area contributed by atoms with Crippen molar-refractivity contribution in [3.05, 3.63) is 30.2 Å². The topological polar surface area (TPSA) is 46.6 Å². The number of nitrogen functional groups attached to an aromatic ring is 1. The highest BCUT2D eigenvalue weighted by atomic mass is 15.2. The Morgan fingerprint density at radius 3 is 3.06 bits per heavy atom. The molecule has 0 spiro atoms. The van der Waals surface area contributed by atoms with Gasteiger partial charge < -0.3 is 5.73 Å². The molecule has 3 heterocycles. The molecule has 0 aromatic carbocycles. The summed E-state index contributed by atoms with van der Waals surface area (Å²) in [5.74, 6) is 1.86. The summed E-state index contributed by atoms with van der Waals surface area (Å²) in [5.41, 5.74) is 7.14. The zero-order chi connectivity index (χ0) is 11.8. The number of fused-ring (bicyclic) bond motifs is 1. The summed E-state index contributed by atoms with van der Waals surface area (Å²) in [6.07, 6.45) is 5.64. The number of anilines is 1. The number of rotatable bonds is 1. The van der Waals surface area contributed by atoms with Crippen molar-refractivity contribution in [2.24, 2.45) is 0 Å². The molecular formula is C13H18N4. The number of hydrogen-bond donors (Lipinski definition) is 1. The zero-order valence-electron chi connectivity index (χ0n) is 10.1. The van der Waals surface area contributed by atoms with Crippen molar-refractivity contribution in [2.75, 3.05) is 19.3 Å². The Bertz CT molecular complexity index is 531. The van der Waals surface area contributed by atoms with Gasteiger partial charge in [-0.3, -0.25) is 9.30 Å². The molecule has 4 heteroatoms. The molecule has 1 aliphatic rings. The lowest BCUT2D eigenvalue weighted by atomic mass is 10.0. The van der Waals surface area contributed by atoms with Crippen molar-refractivity contribution >= 4 is 11.3 Å². The van der Waals surface area contributed by atoms with E-state index in [-0.39, 0.29) is 0 Å². The molecule has 1 aliphatic heterocycles. The van der Waals surface area contributed by atoms with Crippen LogP contribution in [0.3, 0.4) is 0 Å². The predicted molar refractivity (Wildman–Crippen MR) is 68.8 cm³/mol. The van der Waals surface area contributed by atoms with E-state index < -0.39 is 0 Å². The van der Waals surface area contributed by atoms with Crippen LogP contribution in [-0.2, 0) is 0 Å². The highest BCUT2D eigenvalue weighted by Crippen LogP contribution is 2.30. The molecule has 0 radical (unpaired) electrons. The number of imidazole rings is 1. The van der Waals surface area contributed by atoms with Gasteiger partial charge in [0.25, 0.3) is 0 Å². The third-order valence-corrected chi connectivity index (χ3v) is 3.68. The van der Waals surface area contributed by atoms with E-state index in [9.17, 15) is 0 Å². The molecule has 1 fully saturated rings. The normalized spacial score (nSPS) is 22.1. The van der Waals surface area contributed by atoms with Crippen LogP contribution in [-0.4, -0.2) is 27.9 Å². The molecule has 1 unspecified atom stereocenters. The van der Waals surface area contributed by atoms with Crippen LogP contribution in [0, 0.1) is 0 Å². The molecule has 17 heavy (non-hydrogen) atoms. The van der Waals surface area contributed by atoms with Gasteiger partial charge in [0.15, 0.2) is 0 Å². The second-order valence-corrected chi connectivity index (χ2v) is 4.82. The van der Waals surface area contributed by atoms with Crippen LogP contribution in [0.1, 0.15) is 31.1 Å². The summed E-state index contributed by atoms with van der Waals surface area (Å²) in [7, 11) is 2.17. The standard InChI is InChI=1S/C13H18N4/c1-16-8-3-2-6-11(16)13-15-9-10-5-4-7-12(14)17(10)13/h4-5,7,9,11H,2-3,6,8,14H2,1H3. The van der Waals surface area contributed by atoms with Crippen molar-refractivity contribution in [3.63, 3.8) is 0 Å². The second kappa shape index (κ2) is 4.04. The lowest BCUT2D eigenvalue weighted by molar-refractivity contribution is 0.179. The maximum Gasteiger partial charge on any atom is 0.132 e. The fourth-order valence-corrected chi connectivity index (χ4v) is 2.74. The van der Waals surface area contributed by atoms with Gasteiger partial charge >= 0.3 is 0 Å². The molecule has 2 N–H and O–H groups in total. The minimum atomic E-state index is 0.399. The monoisotopic (exact) mass is 230 g/mol. The molecule has 0 aliphatic carbocycles. The molecule has 90 valence electrons. The Kier molecular flexibility index (Phi) is 2.52. The van der Waals surface area contributed by atoms with Crippen LogP contribution in [0.5, 0.6) is 0 Å². The summed E-state index contributed by atoms with van der Waals surface area (Å²) in [6, 6.07) is 6.35. The summed E-state index contributed by atoms with van der Waals surface area (Å²) < 4.78 is 2.08. The molecule has 4 nitrogen and oxygen atoms in total. The van der Waals surface area contributed by atoms with Gasteiger partial charge in [0.1, 0.15) is 11.6 Å². The highest BCUT2D eigenvalue weighted by molar-refractivity contribution is 5.53. The van der Waals surface area contributed by atoms with E-state index in [1.165, 1.54) is 19.3 Å². The van der Waals surface area contributed by atoms with Gasteiger partial charge in [-0.1, -0.05) is 12.5 Å². The molecule has 0 amide bonds. The summed E-state index contributed by atoms with van der Waals surface area (Å²) in [5, 5.41) is 0. The predicted octanol–water partition coefficient (Wildman–Crippen LogP) is 2.07. The van der Waals surface area contributed by atoms with E-state index in [0.29, 0.717) is 6.04 Å². The minimum absolute atomic E-state index is 0.399. The third kappa shape index (κ3) is 1.69. The average molecular weight is 230 g/mol. The number of likely N-dealkylation sites (tertiary alicyclic amines) is 1. The fourth-order valence-electron chi connectivity index (χ4n) is 2.74. The molecule has 2 aromatic heterocycles. The Morgan fingerprint density at radius 2 is 2.24 bits per heavy atom. The fraction of sp³-hybridized carbons (Fsp3) is 0.462. The summed E-state index contributed by atoms with van der Waals surface area (Å²) >= 11 is 0. The molecular weight excluding hydrogens is 212 g/mol. The first-order valence-corrected chi connectivity index (χ1v) is 6.19. The van der Waals surface area contributed by atoms with Crippen molar-refractivity contribution < 1.29 is 0 Å². The van der Waals surface area contributed by atoms with Gasteiger partial charge in [-0.25, -0.2) is 4.98 Å². The lowest BCUT2D eigenvalue weighted by Crippen LogP contribution is -2.31. The second-order valence-electron chi connectivity index (χ2n) is 4.82.